The van der Waals surface area contributed by atoms with Gasteiger partial charge in [0.25, 0.3) is 0 Å². The van der Waals surface area contributed by atoms with E-state index < -0.39 is 11.7 Å². The molecule has 1 spiro atoms. The van der Waals surface area contributed by atoms with Gasteiger partial charge in [0.05, 0.1) is 18.9 Å². The van der Waals surface area contributed by atoms with E-state index in [1.54, 1.807) is 6.20 Å². The maximum Gasteiger partial charge on any atom is 0.419 e. The molecule has 0 amide bonds. The van der Waals surface area contributed by atoms with Gasteiger partial charge in [0.1, 0.15) is 17.0 Å². The number of H-pyrrole nitrogens is 1. The molecular weight excluding hydrogens is 471 g/mol. The van der Waals surface area contributed by atoms with Gasteiger partial charge in [-0.25, -0.2) is 15.0 Å². The molecule has 11 heteroatoms. The van der Waals surface area contributed by atoms with Gasteiger partial charge in [-0.05, 0) is 62.7 Å². The van der Waals surface area contributed by atoms with Gasteiger partial charge >= 0.3 is 6.18 Å². The monoisotopic (exact) mass is 501 g/mol. The van der Waals surface area contributed by atoms with E-state index in [1.165, 1.54) is 0 Å². The first-order chi connectivity index (χ1) is 17.4. The number of anilines is 2. The zero-order chi connectivity index (χ0) is 24.8. The van der Waals surface area contributed by atoms with Gasteiger partial charge in [-0.2, -0.15) is 13.2 Å². The van der Waals surface area contributed by atoms with Crippen molar-refractivity contribution in [1.29, 1.82) is 0 Å². The number of morpholine rings is 1. The van der Waals surface area contributed by atoms with Crippen molar-refractivity contribution >= 4 is 22.8 Å². The lowest BCUT2D eigenvalue weighted by molar-refractivity contribution is -0.137. The minimum atomic E-state index is -4.58. The Morgan fingerprint density at radius 1 is 1.08 bits per heavy atom. The van der Waals surface area contributed by atoms with Crippen LogP contribution in [0.15, 0.2) is 24.5 Å². The third kappa shape index (κ3) is 4.50. The highest BCUT2D eigenvalue weighted by Crippen LogP contribution is 2.46. The summed E-state index contributed by atoms with van der Waals surface area (Å²) in [5, 5.41) is 7.35. The van der Waals surface area contributed by atoms with Crippen LogP contribution in [0.3, 0.4) is 0 Å². The van der Waals surface area contributed by atoms with Crippen molar-refractivity contribution in [2.24, 2.45) is 5.41 Å². The Balaban J connectivity index is 1.30. The topological polar surface area (TPSA) is 91.0 Å². The van der Waals surface area contributed by atoms with Crippen LogP contribution >= 0.6 is 0 Å². The van der Waals surface area contributed by atoms with E-state index in [0.717, 1.165) is 70.3 Å². The number of aromatic nitrogens is 4. The van der Waals surface area contributed by atoms with Crippen molar-refractivity contribution in [2.45, 2.75) is 44.3 Å². The van der Waals surface area contributed by atoms with Gasteiger partial charge < -0.3 is 25.3 Å². The van der Waals surface area contributed by atoms with E-state index in [1.807, 2.05) is 12.1 Å². The van der Waals surface area contributed by atoms with Gasteiger partial charge in [-0.1, -0.05) is 0 Å². The van der Waals surface area contributed by atoms with Gasteiger partial charge in [0.15, 0.2) is 0 Å². The Hall–Kier alpha value is -2.92. The molecule has 3 aromatic rings. The number of halogens is 3. The molecule has 8 nitrogen and oxygen atoms in total. The number of piperidine rings is 1. The summed E-state index contributed by atoms with van der Waals surface area (Å²) in [6.45, 7) is 4.75. The summed E-state index contributed by atoms with van der Waals surface area (Å²) >= 11 is 0. The predicted octanol–water partition coefficient (Wildman–Crippen LogP) is 4.21. The SMILES string of the molecule is FC(F)(F)c1cnc(NC2CCC3(CCNCC3)C2)nc1-c1c[nH]c2nc(N3CCOCC3)ccc12. The first-order valence-electron chi connectivity index (χ1n) is 12.6. The highest BCUT2D eigenvalue weighted by Gasteiger charge is 2.40. The van der Waals surface area contributed by atoms with Crippen LogP contribution in [0.5, 0.6) is 0 Å². The number of aromatic amines is 1. The van der Waals surface area contributed by atoms with Crippen LogP contribution in [0.1, 0.15) is 37.7 Å². The molecule has 6 rings (SSSR count). The Morgan fingerprint density at radius 2 is 1.89 bits per heavy atom. The molecule has 192 valence electrons. The second-order valence-electron chi connectivity index (χ2n) is 10.2. The van der Waals surface area contributed by atoms with Crippen LogP contribution in [0.4, 0.5) is 24.9 Å². The first kappa shape index (κ1) is 23.5. The molecule has 1 saturated carbocycles. The molecule has 3 aromatic heterocycles. The summed E-state index contributed by atoms with van der Waals surface area (Å²) in [5.74, 6) is 1.01. The number of alkyl halides is 3. The molecule has 0 bridgehead atoms. The zero-order valence-corrected chi connectivity index (χ0v) is 20.0. The lowest BCUT2D eigenvalue weighted by atomic mass is 9.77. The third-order valence-corrected chi connectivity index (χ3v) is 7.91. The van der Waals surface area contributed by atoms with Crippen molar-refractivity contribution < 1.29 is 17.9 Å². The van der Waals surface area contributed by atoms with E-state index in [9.17, 15) is 13.2 Å². The van der Waals surface area contributed by atoms with E-state index in [0.29, 0.717) is 35.2 Å². The average molecular weight is 502 g/mol. The summed E-state index contributed by atoms with van der Waals surface area (Å²) in [4.78, 5) is 18.3. The molecule has 5 heterocycles. The second-order valence-corrected chi connectivity index (χ2v) is 10.2. The summed E-state index contributed by atoms with van der Waals surface area (Å²) in [6, 6.07) is 3.82. The number of ether oxygens (including phenoxy) is 1. The van der Waals surface area contributed by atoms with Gasteiger partial charge in [0, 0.05) is 42.5 Å². The molecule has 36 heavy (non-hydrogen) atoms. The largest absolute Gasteiger partial charge is 0.419 e. The molecule has 0 radical (unpaired) electrons. The molecule has 3 N–H and O–H groups in total. The van der Waals surface area contributed by atoms with Crippen LogP contribution < -0.4 is 15.5 Å². The number of hydrogen-bond donors (Lipinski definition) is 3. The van der Waals surface area contributed by atoms with Crippen molar-refractivity contribution in [3.05, 3.63) is 30.1 Å². The quantitative estimate of drug-likeness (QED) is 0.493. The third-order valence-electron chi connectivity index (χ3n) is 7.91. The minimum Gasteiger partial charge on any atom is -0.378 e. The van der Waals surface area contributed by atoms with Gasteiger partial charge in [-0.15, -0.1) is 0 Å². The Labute approximate surface area is 207 Å². The number of fused-ring (bicyclic) bond motifs is 1. The first-order valence-corrected chi connectivity index (χ1v) is 12.6. The molecule has 2 aliphatic heterocycles. The maximum atomic E-state index is 14.0. The highest BCUT2D eigenvalue weighted by atomic mass is 19.4. The summed E-state index contributed by atoms with van der Waals surface area (Å²) in [6.07, 6.45) is 3.25. The molecule has 3 fully saturated rings. The normalized spacial score (nSPS) is 22.4. The predicted molar refractivity (Wildman–Crippen MR) is 131 cm³/mol. The van der Waals surface area contributed by atoms with Crippen molar-refractivity contribution in [3.63, 3.8) is 0 Å². The van der Waals surface area contributed by atoms with Crippen LogP contribution in [0.2, 0.25) is 0 Å². The number of rotatable bonds is 4. The lowest BCUT2D eigenvalue weighted by Gasteiger charge is -2.34. The smallest absolute Gasteiger partial charge is 0.378 e. The van der Waals surface area contributed by atoms with E-state index >= 15 is 0 Å². The number of nitrogens with one attached hydrogen (secondary N) is 3. The van der Waals surface area contributed by atoms with E-state index in [2.05, 4.69) is 35.5 Å². The van der Waals surface area contributed by atoms with Crippen LogP contribution in [-0.2, 0) is 10.9 Å². The Bertz CT molecular complexity index is 1230. The summed E-state index contributed by atoms with van der Waals surface area (Å²) < 4.78 is 47.3. The fourth-order valence-corrected chi connectivity index (χ4v) is 5.95. The number of pyridine rings is 1. The fraction of sp³-hybridized carbons (Fsp3) is 0.560. The zero-order valence-electron chi connectivity index (χ0n) is 20.0. The molecule has 1 unspecified atom stereocenters. The average Bonchev–Trinajstić information content (AvgIpc) is 3.48. The lowest BCUT2D eigenvalue weighted by Crippen LogP contribution is -2.36. The Morgan fingerprint density at radius 3 is 2.67 bits per heavy atom. The van der Waals surface area contributed by atoms with E-state index in [-0.39, 0.29) is 17.7 Å². The fourth-order valence-electron chi connectivity index (χ4n) is 5.95. The van der Waals surface area contributed by atoms with Crippen molar-refractivity contribution in [3.8, 4) is 11.3 Å². The molecule has 1 atom stereocenters. The number of hydrogen-bond acceptors (Lipinski definition) is 7. The van der Waals surface area contributed by atoms with Crippen LogP contribution in [0.25, 0.3) is 22.3 Å². The molecule has 2 saturated heterocycles. The van der Waals surface area contributed by atoms with Crippen LogP contribution in [-0.4, -0.2) is 65.4 Å². The molecule has 1 aliphatic carbocycles. The second kappa shape index (κ2) is 9.19. The highest BCUT2D eigenvalue weighted by molar-refractivity contribution is 5.94. The van der Waals surface area contributed by atoms with Crippen molar-refractivity contribution in [1.82, 2.24) is 25.3 Å². The molecular formula is C25H30F3N7O. The van der Waals surface area contributed by atoms with Gasteiger partial charge in [0.2, 0.25) is 5.95 Å². The maximum absolute atomic E-state index is 14.0. The van der Waals surface area contributed by atoms with Crippen LogP contribution in [0, 0.1) is 5.41 Å². The minimum absolute atomic E-state index is 0.137. The van der Waals surface area contributed by atoms with E-state index in [4.69, 9.17) is 4.74 Å². The van der Waals surface area contributed by atoms with Crippen molar-refractivity contribution in [2.75, 3.05) is 49.6 Å². The summed E-state index contributed by atoms with van der Waals surface area (Å²) in [7, 11) is 0. The number of nitrogens with zero attached hydrogens (tertiary/aromatic N) is 4. The molecule has 0 aromatic carbocycles. The standard InChI is InChI=1S/C25H30F3N7O/c26-25(27,28)19-15-31-23(32-16-3-4-24(13-16)5-7-29-8-6-24)34-21(19)18-14-30-22-17(18)1-2-20(33-22)35-9-11-36-12-10-35/h1-2,14-16,29H,3-13H2,(H,30,33)(H,31,32,34). The molecule has 3 aliphatic rings. The summed E-state index contributed by atoms with van der Waals surface area (Å²) in [5.41, 5.74) is 0.219. The Kier molecular flexibility index (Phi) is 5.99. The van der Waals surface area contributed by atoms with Gasteiger partial charge in [-0.3, -0.25) is 0 Å².